The van der Waals surface area contributed by atoms with Crippen LogP contribution in [-0.2, 0) is 30.8 Å². The minimum Gasteiger partial charge on any atom is -0.455 e. The van der Waals surface area contributed by atoms with Crippen LogP contribution < -0.4 is 5.32 Å². The van der Waals surface area contributed by atoms with Crippen LogP contribution in [0.25, 0.3) is 0 Å². The van der Waals surface area contributed by atoms with Crippen molar-refractivity contribution in [2.24, 2.45) is 0 Å². The van der Waals surface area contributed by atoms with Crippen molar-refractivity contribution in [3.8, 4) is 0 Å². The van der Waals surface area contributed by atoms with E-state index in [1.165, 1.54) is 10.4 Å². The van der Waals surface area contributed by atoms with E-state index in [0.717, 1.165) is 30.4 Å². The Bertz CT molecular complexity index is 1060. The van der Waals surface area contributed by atoms with Gasteiger partial charge in [0.15, 0.2) is 6.61 Å². The number of hydrogen-bond donors (Lipinski definition) is 1. The molecule has 0 aromatic heterocycles. The van der Waals surface area contributed by atoms with Gasteiger partial charge in [0.2, 0.25) is 10.0 Å². The molecule has 2 aromatic carbocycles. The van der Waals surface area contributed by atoms with E-state index in [1.54, 1.807) is 19.1 Å². The molecule has 1 aliphatic heterocycles. The molecule has 0 aliphatic carbocycles. The fourth-order valence-electron chi connectivity index (χ4n) is 3.56. The summed E-state index contributed by atoms with van der Waals surface area (Å²) in [5, 5.41) is 2.62. The number of rotatable bonds is 7. The second kappa shape index (κ2) is 10.1. The lowest BCUT2D eigenvalue weighted by molar-refractivity contribution is -0.146. The molecule has 0 saturated carbocycles. The molecule has 7 nitrogen and oxygen atoms in total. The maximum absolute atomic E-state index is 13.0. The molecular weight excluding hydrogens is 416 g/mol. The Hall–Kier alpha value is -2.71. The quantitative estimate of drug-likeness (QED) is 0.662. The molecule has 1 aliphatic rings. The number of esters is 1. The van der Waals surface area contributed by atoms with Gasteiger partial charge in [-0.05, 0) is 55.5 Å². The maximum atomic E-state index is 13.0. The van der Waals surface area contributed by atoms with E-state index >= 15 is 0 Å². The number of amides is 1. The van der Waals surface area contributed by atoms with Crippen LogP contribution >= 0.6 is 0 Å². The second-order valence-corrected chi connectivity index (χ2v) is 9.66. The van der Waals surface area contributed by atoms with Gasteiger partial charge in [0.05, 0.1) is 11.3 Å². The molecule has 2 aromatic rings. The average Bonchev–Trinajstić information content (AvgIpc) is 2.76. The summed E-state index contributed by atoms with van der Waals surface area (Å²) < 4.78 is 32.6. The number of sulfonamides is 1. The monoisotopic (exact) mass is 444 g/mol. The first-order valence-corrected chi connectivity index (χ1v) is 11.8. The average molecular weight is 445 g/mol. The number of carbonyl (C=O) groups is 2. The van der Waals surface area contributed by atoms with Crippen LogP contribution in [-0.4, -0.2) is 44.3 Å². The highest BCUT2D eigenvalue weighted by Crippen LogP contribution is 2.26. The number of ether oxygens (including phenoxy) is 1. The van der Waals surface area contributed by atoms with Gasteiger partial charge in [0.25, 0.3) is 5.91 Å². The molecule has 0 bridgehead atoms. The molecule has 1 amide bonds. The topological polar surface area (TPSA) is 92.8 Å². The molecule has 166 valence electrons. The van der Waals surface area contributed by atoms with E-state index in [0.29, 0.717) is 24.3 Å². The summed E-state index contributed by atoms with van der Waals surface area (Å²) in [6.07, 6.45) is 2.82. The fraction of sp³-hybridized carbons (Fsp3) is 0.391. The lowest BCUT2D eigenvalue weighted by atomic mass is 10.1. The summed E-state index contributed by atoms with van der Waals surface area (Å²) in [4.78, 5) is 24.5. The molecule has 1 fully saturated rings. The third kappa shape index (κ3) is 5.92. The van der Waals surface area contributed by atoms with Gasteiger partial charge >= 0.3 is 5.97 Å². The molecule has 0 radical (unpaired) electrons. The Labute approximate surface area is 183 Å². The molecule has 3 rings (SSSR count). The van der Waals surface area contributed by atoms with Crippen molar-refractivity contribution in [1.82, 2.24) is 4.31 Å². The standard InChI is InChI=1S/C23H28N2O5S/c1-17-8-4-5-9-19(17)14-23(27)30-16-22(26)24-20-11-10-18(2)21(15-20)31(28,29)25-12-6-3-7-13-25/h4-5,8-11,15H,3,6-7,12-14,16H2,1-2H3,(H,24,26). The highest BCUT2D eigenvalue weighted by molar-refractivity contribution is 7.89. The number of benzene rings is 2. The van der Waals surface area contributed by atoms with Crippen LogP contribution in [0.1, 0.15) is 36.0 Å². The third-order valence-corrected chi connectivity index (χ3v) is 7.41. The summed E-state index contributed by atoms with van der Waals surface area (Å²) in [6.45, 7) is 4.22. The van der Waals surface area contributed by atoms with Gasteiger partial charge in [0.1, 0.15) is 0 Å². The summed E-state index contributed by atoms with van der Waals surface area (Å²) in [5.41, 5.74) is 2.79. The van der Waals surface area contributed by atoms with E-state index in [2.05, 4.69) is 5.32 Å². The van der Waals surface area contributed by atoms with Crippen LogP contribution in [0.5, 0.6) is 0 Å². The Balaban J connectivity index is 1.61. The van der Waals surface area contributed by atoms with Crippen LogP contribution in [0.15, 0.2) is 47.4 Å². The van der Waals surface area contributed by atoms with Crippen molar-refractivity contribution in [3.63, 3.8) is 0 Å². The van der Waals surface area contributed by atoms with E-state index in [-0.39, 0.29) is 11.3 Å². The molecule has 0 spiro atoms. The minimum atomic E-state index is -3.62. The normalized spacial score (nSPS) is 14.8. The third-order valence-electron chi connectivity index (χ3n) is 5.37. The predicted octanol–water partition coefficient (Wildman–Crippen LogP) is 3.20. The van der Waals surface area contributed by atoms with Gasteiger partial charge in [-0.25, -0.2) is 8.42 Å². The number of aryl methyl sites for hydroxylation is 2. The lowest BCUT2D eigenvalue weighted by Gasteiger charge is -2.26. The van der Waals surface area contributed by atoms with Crippen LogP contribution in [0.3, 0.4) is 0 Å². The molecule has 1 N–H and O–H groups in total. The van der Waals surface area contributed by atoms with Crippen LogP contribution in [0.4, 0.5) is 5.69 Å². The first-order chi connectivity index (χ1) is 14.8. The number of anilines is 1. The summed E-state index contributed by atoms with van der Waals surface area (Å²) >= 11 is 0. The van der Waals surface area contributed by atoms with Gasteiger partial charge in [-0.3, -0.25) is 9.59 Å². The van der Waals surface area contributed by atoms with Gasteiger partial charge in [-0.2, -0.15) is 4.31 Å². The lowest BCUT2D eigenvalue weighted by Crippen LogP contribution is -2.36. The fourth-order valence-corrected chi connectivity index (χ4v) is 5.33. The van der Waals surface area contributed by atoms with Crippen molar-refractivity contribution in [2.75, 3.05) is 25.0 Å². The number of nitrogens with zero attached hydrogens (tertiary/aromatic N) is 1. The molecular formula is C23H28N2O5S. The van der Waals surface area contributed by atoms with E-state index in [4.69, 9.17) is 4.74 Å². The van der Waals surface area contributed by atoms with Crippen molar-refractivity contribution < 1.29 is 22.7 Å². The molecule has 31 heavy (non-hydrogen) atoms. The first-order valence-electron chi connectivity index (χ1n) is 10.4. The SMILES string of the molecule is Cc1ccccc1CC(=O)OCC(=O)Nc1ccc(C)c(S(=O)(=O)N2CCCCC2)c1. The molecule has 0 unspecified atom stereocenters. The Morgan fingerprint density at radius 2 is 1.71 bits per heavy atom. The summed E-state index contributed by atoms with van der Waals surface area (Å²) in [7, 11) is -3.62. The smallest absolute Gasteiger partial charge is 0.310 e. The Morgan fingerprint density at radius 3 is 2.42 bits per heavy atom. The number of nitrogens with one attached hydrogen (secondary N) is 1. The van der Waals surface area contributed by atoms with Crippen molar-refractivity contribution >= 4 is 27.6 Å². The minimum absolute atomic E-state index is 0.0860. The zero-order chi connectivity index (χ0) is 22.4. The van der Waals surface area contributed by atoms with Crippen molar-refractivity contribution in [3.05, 3.63) is 59.2 Å². The second-order valence-electron chi connectivity index (χ2n) is 7.76. The van der Waals surface area contributed by atoms with Crippen molar-refractivity contribution in [1.29, 1.82) is 0 Å². The largest absolute Gasteiger partial charge is 0.455 e. The zero-order valence-corrected chi connectivity index (χ0v) is 18.7. The number of hydrogen-bond acceptors (Lipinski definition) is 5. The highest BCUT2D eigenvalue weighted by Gasteiger charge is 2.27. The molecule has 1 saturated heterocycles. The first kappa shape index (κ1) is 23.0. The van der Waals surface area contributed by atoms with Crippen LogP contribution in [0, 0.1) is 13.8 Å². The summed E-state index contributed by atoms with van der Waals surface area (Å²) in [6, 6.07) is 12.2. The molecule has 8 heteroatoms. The van der Waals surface area contributed by atoms with Gasteiger partial charge in [-0.1, -0.05) is 36.8 Å². The zero-order valence-electron chi connectivity index (χ0n) is 17.9. The predicted molar refractivity (Wildman–Crippen MR) is 118 cm³/mol. The molecule has 0 atom stereocenters. The summed E-state index contributed by atoms with van der Waals surface area (Å²) in [5.74, 6) is -1.02. The van der Waals surface area contributed by atoms with Crippen LogP contribution in [0.2, 0.25) is 0 Å². The van der Waals surface area contributed by atoms with Gasteiger partial charge < -0.3 is 10.1 Å². The van der Waals surface area contributed by atoms with Gasteiger partial charge in [0, 0.05) is 18.8 Å². The maximum Gasteiger partial charge on any atom is 0.310 e. The van der Waals surface area contributed by atoms with E-state index < -0.39 is 28.5 Å². The van der Waals surface area contributed by atoms with E-state index in [1.807, 2.05) is 31.2 Å². The number of carbonyl (C=O) groups excluding carboxylic acids is 2. The molecule has 1 heterocycles. The van der Waals surface area contributed by atoms with Crippen molar-refractivity contribution in [2.45, 2.75) is 44.4 Å². The van der Waals surface area contributed by atoms with Gasteiger partial charge in [-0.15, -0.1) is 0 Å². The van der Waals surface area contributed by atoms with E-state index in [9.17, 15) is 18.0 Å². The number of piperidine rings is 1. The Morgan fingerprint density at radius 1 is 1.00 bits per heavy atom. The highest BCUT2D eigenvalue weighted by atomic mass is 32.2. The Kier molecular flexibility index (Phi) is 7.46.